The van der Waals surface area contributed by atoms with E-state index < -0.39 is 12.0 Å². The molecule has 0 spiro atoms. The van der Waals surface area contributed by atoms with Crippen LogP contribution in [0.3, 0.4) is 0 Å². The number of carbonyl (C=O) groups is 2. The van der Waals surface area contributed by atoms with E-state index in [2.05, 4.69) is 5.32 Å². The van der Waals surface area contributed by atoms with Gasteiger partial charge in [0.2, 0.25) is 5.91 Å². The van der Waals surface area contributed by atoms with Crippen LogP contribution in [0.15, 0.2) is 48.5 Å². The van der Waals surface area contributed by atoms with Gasteiger partial charge in [0, 0.05) is 17.6 Å². The van der Waals surface area contributed by atoms with E-state index in [1.807, 2.05) is 6.07 Å². The minimum atomic E-state index is -0.853. The molecule has 0 aliphatic carbocycles. The number of hydrogen-bond acceptors (Lipinski definition) is 7. The molecule has 0 fully saturated rings. The summed E-state index contributed by atoms with van der Waals surface area (Å²) in [6, 6.07) is 12.8. The van der Waals surface area contributed by atoms with Gasteiger partial charge in [-0.3, -0.25) is 9.59 Å². The lowest BCUT2D eigenvalue weighted by Crippen LogP contribution is -2.44. The van der Waals surface area contributed by atoms with E-state index in [1.54, 1.807) is 56.6 Å². The molecule has 1 N–H and O–H groups in total. The van der Waals surface area contributed by atoms with Crippen LogP contribution in [0.1, 0.15) is 33.4 Å². The summed E-state index contributed by atoms with van der Waals surface area (Å²) in [4.78, 5) is 29.3. The number of halogens is 1. The monoisotopic (exact) mass is 540 g/mol. The normalized spacial score (nSPS) is 16.4. The van der Waals surface area contributed by atoms with Crippen molar-refractivity contribution in [3.8, 4) is 28.7 Å². The van der Waals surface area contributed by atoms with Crippen molar-refractivity contribution < 1.29 is 33.3 Å². The first kappa shape index (κ1) is 26.9. The van der Waals surface area contributed by atoms with Crippen LogP contribution >= 0.6 is 11.6 Å². The van der Waals surface area contributed by atoms with E-state index in [0.29, 0.717) is 56.1 Å². The number of nitrogens with zero attached hydrogens (tertiary/aromatic N) is 1. The number of carbonyl (C=O) groups excluding carboxylic acids is 2. The maximum atomic E-state index is 14.1. The van der Waals surface area contributed by atoms with Gasteiger partial charge >= 0.3 is 0 Å². The van der Waals surface area contributed by atoms with Crippen LogP contribution in [0.4, 0.5) is 5.69 Å². The first-order chi connectivity index (χ1) is 18.3. The van der Waals surface area contributed by atoms with Crippen molar-refractivity contribution >= 4 is 29.1 Å². The Morgan fingerprint density at radius 1 is 0.789 bits per heavy atom. The lowest BCUT2D eigenvalue weighted by atomic mass is 9.79. The smallest absolute Gasteiger partial charge is 0.254 e. The predicted octanol–water partition coefficient (Wildman–Crippen LogP) is 4.93. The fourth-order valence-corrected chi connectivity index (χ4v) is 4.95. The number of nitrogens with one attached hydrogen (secondary N) is 1. The zero-order chi connectivity index (χ0) is 27.6. The molecule has 1 heterocycles. The van der Waals surface area contributed by atoms with E-state index in [4.69, 9.17) is 35.3 Å². The van der Waals surface area contributed by atoms with Crippen molar-refractivity contribution in [2.24, 2.45) is 0 Å². The number of methoxy groups -OCH3 is 5. The maximum absolute atomic E-state index is 14.1. The van der Waals surface area contributed by atoms with Crippen molar-refractivity contribution in [2.75, 3.05) is 47.9 Å². The second-order valence-electron chi connectivity index (χ2n) is 8.58. The highest BCUT2D eigenvalue weighted by molar-refractivity contribution is 6.31. The Labute approximate surface area is 226 Å². The first-order valence-electron chi connectivity index (χ1n) is 11.7. The van der Waals surface area contributed by atoms with Crippen molar-refractivity contribution in [1.29, 1.82) is 0 Å². The van der Waals surface area contributed by atoms with Gasteiger partial charge in [0.25, 0.3) is 5.91 Å². The predicted molar refractivity (Wildman–Crippen MR) is 143 cm³/mol. The number of anilines is 1. The Morgan fingerprint density at radius 3 is 2.00 bits per heavy atom. The minimum Gasteiger partial charge on any atom is -0.495 e. The van der Waals surface area contributed by atoms with Crippen LogP contribution < -0.4 is 29.0 Å². The molecule has 10 heteroatoms. The van der Waals surface area contributed by atoms with Crippen LogP contribution in [0.2, 0.25) is 5.02 Å². The van der Waals surface area contributed by atoms with Gasteiger partial charge in [-0.2, -0.15) is 0 Å². The average molecular weight is 541 g/mol. The second kappa shape index (κ2) is 11.1. The number of benzene rings is 3. The average Bonchev–Trinajstić information content (AvgIpc) is 2.93. The number of amides is 2. The Kier molecular flexibility index (Phi) is 7.87. The summed E-state index contributed by atoms with van der Waals surface area (Å²) >= 11 is 6.21. The number of rotatable bonds is 8. The lowest BCUT2D eigenvalue weighted by molar-refractivity contribution is -0.119. The Balaban J connectivity index is 1.92. The third-order valence-corrected chi connectivity index (χ3v) is 6.86. The van der Waals surface area contributed by atoms with E-state index in [1.165, 1.54) is 33.3 Å². The fraction of sp³-hybridized carbons (Fsp3) is 0.286. The molecule has 3 aromatic rings. The van der Waals surface area contributed by atoms with Gasteiger partial charge in [0.05, 0.1) is 53.2 Å². The van der Waals surface area contributed by atoms with Gasteiger partial charge in [-0.25, -0.2) is 0 Å². The molecule has 2 atom stereocenters. The molecule has 3 aromatic carbocycles. The third kappa shape index (κ3) is 4.77. The highest BCUT2D eigenvalue weighted by Gasteiger charge is 2.44. The quantitative estimate of drug-likeness (QED) is 0.432. The number of fused-ring (bicyclic) bond motifs is 1. The fourth-order valence-electron chi connectivity index (χ4n) is 4.77. The highest BCUT2D eigenvalue weighted by atomic mass is 35.5. The lowest BCUT2D eigenvalue weighted by Gasteiger charge is -2.40. The van der Waals surface area contributed by atoms with Gasteiger partial charge in [-0.1, -0.05) is 17.7 Å². The molecular weight excluding hydrogens is 512 g/mol. The summed E-state index contributed by atoms with van der Waals surface area (Å²) in [6.07, 6.45) is 0. The van der Waals surface area contributed by atoms with E-state index in [-0.39, 0.29) is 11.8 Å². The van der Waals surface area contributed by atoms with Gasteiger partial charge in [-0.15, -0.1) is 0 Å². The van der Waals surface area contributed by atoms with Gasteiger partial charge in [0.15, 0.2) is 23.0 Å². The summed E-state index contributed by atoms with van der Waals surface area (Å²) in [6.45, 7) is 0. The molecule has 200 valence electrons. The van der Waals surface area contributed by atoms with Gasteiger partial charge < -0.3 is 33.9 Å². The van der Waals surface area contributed by atoms with Crippen molar-refractivity contribution in [2.45, 2.75) is 12.0 Å². The van der Waals surface area contributed by atoms with Crippen molar-refractivity contribution in [1.82, 2.24) is 4.90 Å². The Morgan fingerprint density at radius 2 is 1.37 bits per heavy atom. The zero-order valence-electron chi connectivity index (χ0n) is 22.0. The standard InChI is InChI=1S/C28H29ClN2O7/c1-31-26(15-7-9-21(35-3)22(11-15)36-4)25(27(32)30-19-12-16(29)8-10-20(19)34-2)17-13-23(37-5)24(38-6)14-18(17)28(31)33/h7-14,25-26H,1-6H3,(H,30,32). The molecular formula is C28H29ClN2O7. The molecule has 0 saturated carbocycles. The molecule has 38 heavy (non-hydrogen) atoms. The van der Waals surface area contributed by atoms with Crippen molar-refractivity contribution in [3.63, 3.8) is 0 Å². The summed E-state index contributed by atoms with van der Waals surface area (Å²) < 4.78 is 27.3. The first-order valence-corrected chi connectivity index (χ1v) is 12.0. The molecule has 1 aliphatic heterocycles. The van der Waals surface area contributed by atoms with Crippen molar-refractivity contribution in [3.05, 3.63) is 70.2 Å². The summed E-state index contributed by atoms with van der Waals surface area (Å²) in [5.41, 5.74) is 1.90. The Bertz CT molecular complexity index is 1380. The molecule has 0 bridgehead atoms. The summed E-state index contributed by atoms with van der Waals surface area (Å²) in [5.74, 6) is 0.717. The SMILES string of the molecule is COc1ccc(Cl)cc1NC(=O)C1c2cc(OC)c(OC)cc2C(=O)N(C)C1c1ccc(OC)c(OC)c1. The van der Waals surface area contributed by atoms with Crippen LogP contribution in [-0.2, 0) is 4.79 Å². The van der Waals surface area contributed by atoms with Crippen LogP contribution in [-0.4, -0.2) is 59.3 Å². The zero-order valence-corrected chi connectivity index (χ0v) is 22.7. The van der Waals surface area contributed by atoms with Gasteiger partial charge in [0.1, 0.15) is 5.75 Å². The van der Waals surface area contributed by atoms with Gasteiger partial charge in [-0.05, 0) is 53.6 Å². The molecule has 2 unspecified atom stereocenters. The van der Waals surface area contributed by atoms with E-state index in [0.717, 1.165) is 0 Å². The number of ether oxygens (including phenoxy) is 5. The highest BCUT2D eigenvalue weighted by Crippen LogP contribution is 2.47. The van der Waals surface area contributed by atoms with Crippen LogP contribution in [0, 0.1) is 0 Å². The summed E-state index contributed by atoms with van der Waals surface area (Å²) in [7, 11) is 9.22. The second-order valence-corrected chi connectivity index (χ2v) is 9.02. The minimum absolute atomic E-state index is 0.273. The molecule has 0 aromatic heterocycles. The molecule has 1 aliphatic rings. The largest absolute Gasteiger partial charge is 0.495 e. The molecule has 2 amide bonds. The van der Waals surface area contributed by atoms with Crippen LogP contribution in [0.5, 0.6) is 28.7 Å². The number of likely N-dealkylation sites (N-methyl/N-ethyl adjacent to an activating group) is 1. The molecule has 0 saturated heterocycles. The summed E-state index contributed by atoms with van der Waals surface area (Å²) in [5, 5.41) is 3.38. The van der Waals surface area contributed by atoms with E-state index in [9.17, 15) is 9.59 Å². The topological polar surface area (TPSA) is 95.6 Å². The molecule has 9 nitrogen and oxygen atoms in total. The van der Waals surface area contributed by atoms with E-state index >= 15 is 0 Å². The maximum Gasteiger partial charge on any atom is 0.254 e. The Hall–Kier alpha value is -4.11. The molecule has 0 radical (unpaired) electrons. The molecule has 4 rings (SSSR count). The third-order valence-electron chi connectivity index (χ3n) is 6.63. The van der Waals surface area contributed by atoms with Crippen LogP contribution in [0.25, 0.3) is 0 Å². The number of hydrogen-bond donors (Lipinski definition) is 1.